The minimum absolute atomic E-state index is 0.0839. The van der Waals surface area contributed by atoms with E-state index in [1.54, 1.807) is 6.92 Å². The minimum Gasteiger partial charge on any atom is -0.508 e. The number of fused-ring (bicyclic) bond motifs is 1. The Hall–Kier alpha value is -1.63. The molecule has 108 valence electrons. The first-order valence-corrected chi connectivity index (χ1v) is 6.44. The van der Waals surface area contributed by atoms with Crippen LogP contribution in [0.2, 0.25) is 0 Å². The number of carbonyl (C=O) groups excluding carboxylic acids is 1. The van der Waals surface area contributed by atoms with Gasteiger partial charge in [-0.1, -0.05) is 0 Å². The molecule has 2 aliphatic rings. The van der Waals surface area contributed by atoms with Crippen molar-refractivity contribution in [3.05, 3.63) is 29.8 Å². The molecule has 0 unspecified atom stereocenters. The van der Waals surface area contributed by atoms with Gasteiger partial charge in [0.1, 0.15) is 23.6 Å². The lowest BCUT2D eigenvalue weighted by molar-refractivity contribution is -0.0621. The van der Waals surface area contributed by atoms with Crippen molar-refractivity contribution < 1.29 is 29.2 Å². The van der Waals surface area contributed by atoms with Crippen LogP contribution in [0.15, 0.2) is 24.3 Å². The first-order chi connectivity index (χ1) is 9.50. The van der Waals surface area contributed by atoms with Crippen LogP contribution in [0, 0.1) is 0 Å². The molecule has 4 atom stereocenters. The van der Waals surface area contributed by atoms with E-state index in [-0.39, 0.29) is 19.0 Å². The number of esters is 1. The van der Waals surface area contributed by atoms with Gasteiger partial charge >= 0.3 is 5.97 Å². The zero-order valence-corrected chi connectivity index (χ0v) is 11.0. The van der Waals surface area contributed by atoms with E-state index in [1.807, 2.05) is 0 Å². The molecule has 1 aromatic rings. The van der Waals surface area contributed by atoms with Crippen LogP contribution >= 0.6 is 0 Å². The van der Waals surface area contributed by atoms with Crippen molar-refractivity contribution in [2.24, 2.45) is 0 Å². The maximum absolute atomic E-state index is 12.0. The largest absolute Gasteiger partial charge is 0.508 e. The van der Waals surface area contributed by atoms with E-state index in [0.29, 0.717) is 5.56 Å². The summed E-state index contributed by atoms with van der Waals surface area (Å²) in [7, 11) is 0. The molecule has 6 nitrogen and oxygen atoms in total. The third-order valence-corrected chi connectivity index (χ3v) is 3.92. The average molecular weight is 280 g/mol. The van der Waals surface area contributed by atoms with Crippen LogP contribution < -0.4 is 0 Å². The number of aliphatic hydroxyl groups is 1. The molecule has 2 heterocycles. The third-order valence-electron chi connectivity index (χ3n) is 3.92. The number of hydrogen-bond acceptors (Lipinski definition) is 6. The highest BCUT2D eigenvalue weighted by Crippen LogP contribution is 2.38. The smallest absolute Gasteiger partial charge is 0.338 e. The molecule has 2 N–H and O–H groups in total. The number of carbonyl (C=O) groups is 1. The van der Waals surface area contributed by atoms with E-state index < -0.39 is 29.9 Å². The van der Waals surface area contributed by atoms with Crippen molar-refractivity contribution in [1.29, 1.82) is 0 Å². The van der Waals surface area contributed by atoms with Gasteiger partial charge in [0.05, 0.1) is 18.8 Å². The molecule has 1 aromatic carbocycles. The number of benzene rings is 1. The van der Waals surface area contributed by atoms with Crippen molar-refractivity contribution in [2.75, 3.05) is 13.2 Å². The maximum atomic E-state index is 12.0. The molecule has 0 aromatic heterocycles. The SMILES string of the molecule is C[C@]12OC[C@H](OC(=O)c3ccc(O)cc3)[C@H]1OC[C@@H]2O. The molecule has 3 rings (SSSR count). The summed E-state index contributed by atoms with van der Waals surface area (Å²) in [6.45, 7) is 2.13. The Labute approximate surface area is 115 Å². The third kappa shape index (κ3) is 2.06. The number of rotatable bonds is 2. The van der Waals surface area contributed by atoms with Gasteiger partial charge in [0.15, 0.2) is 6.10 Å². The Morgan fingerprint density at radius 3 is 2.75 bits per heavy atom. The summed E-state index contributed by atoms with van der Waals surface area (Å²) in [5.41, 5.74) is -0.477. The molecule has 0 spiro atoms. The number of ether oxygens (including phenoxy) is 3. The number of hydrogen-bond donors (Lipinski definition) is 2. The van der Waals surface area contributed by atoms with Gasteiger partial charge in [0.2, 0.25) is 0 Å². The van der Waals surface area contributed by atoms with Gasteiger partial charge in [-0.05, 0) is 31.2 Å². The molecular weight excluding hydrogens is 264 g/mol. The monoisotopic (exact) mass is 280 g/mol. The Morgan fingerprint density at radius 1 is 1.35 bits per heavy atom. The second-order valence-electron chi connectivity index (χ2n) is 5.26. The molecule has 0 aliphatic carbocycles. The van der Waals surface area contributed by atoms with Crippen LogP contribution in [0.4, 0.5) is 0 Å². The van der Waals surface area contributed by atoms with Gasteiger partial charge in [-0.15, -0.1) is 0 Å². The highest BCUT2D eigenvalue weighted by Gasteiger charge is 2.58. The van der Waals surface area contributed by atoms with E-state index in [0.717, 1.165) is 0 Å². The molecule has 0 amide bonds. The first kappa shape index (κ1) is 13.4. The fourth-order valence-electron chi connectivity index (χ4n) is 2.62. The second kappa shape index (κ2) is 4.73. The van der Waals surface area contributed by atoms with Crippen LogP contribution in [0.25, 0.3) is 0 Å². The standard InChI is InChI=1S/C14H16O6/c1-14-11(16)7-18-12(14)10(6-19-14)20-13(17)8-2-4-9(15)5-3-8/h2-5,10-12,15-16H,6-7H2,1H3/t10-,11-,12+,14+/m0/s1. The normalized spacial score (nSPS) is 35.8. The Morgan fingerprint density at radius 2 is 2.05 bits per heavy atom. The summed E-state index contributed by atoms with van der Waals surface area (Å²) in [4.78, 5) is 12.0. The molecule has 2 saturated heterocycles. The number of phenols is 1. The number of phenolic OH excluding ortho intramolecular Hbond substituents is 1. The van der Waals surface area contributed by atoms with Crippen molar-refractivity contribution in [3.63, 3.8) is 0 Å². The topological polar surface area (TPSA) is 85.2 Å². The molecular formula is C14H16O6. The highest BCUT2D eigenvalue weighted by molar-refractivity contribution is 5.89. The summed E-state index contributed by atoms with van der Waals surface area (Å²) in [6.07, 6.45) is -1.72. The molecule has 0 saturated carbocycles. The van der Waals surface area contributed by atoms with Gasteiger partial charge in [-0.25, -0.2) is 4.79 Å². The number of aromatic hydroxyl groups is 1. The van der Waals surface area contributed by atoms with Crippen LogP contribution in [0.3, 0.4) is 0 Å². The van der Waals surface area contributed by atoms with Crippen molar-refractivity contribution in [1.82, 2.24) is 0 Å². The Balaban J connectivity index is 1.70. The predicted octanol–water partition coefficient (Wildman–Crippen LogP) is 0.466. The van der Waals surface area contributed by atoms with E-state index >= 15 is 0 Å². The zero-order chi connectivity index (χ0) is 14.3. The van der Waals surface area contributed by atoms with Crippen molar-refractivity contribution in [2.45, 2.75) is 30.8 Å². The predicted molar refractivity (Wildman–Crippen MR) is 67.4 cm³/mol. The summed E-state index contributed by atoms with van der Waals surface area (Å²) in [5, 5.41) is 19.0. The minimum atomic E-state index is -0.820. The fraction of sp³-hybridized carbons (Fsp3) is 0.500. The van der Waals surface area contributed by atoms with E-state index in [9.17, 15) is 15.0 Å². The van der Waals surface area contributed by atoms with E-state index in [2.05, 4.69) is 0 Å². The second-order valence-corrected chi connectivity index (χ2v) is 5.26. The molecule has 6 heteroatoms. The average Bonchev–Trinajstić information content (AvgIpc) is 2.89. The molecule has 2 aliphatic heterocycles. The van der Waals surface area contributed by atoms with Gasteiger partial charge in [0, 0.05) is 0 Å². The lowest BCUT2D eigenvalue weighted by Gasteiger charge is -2.25. The summed E-state index contributed by atoms with van der Waals surface area (Å²) in [5.74, 6) is -0.423. The van der Waals surface area contributed by atoms with Gasteiger partial charge in [-0.2, -0.15) is 0 Å². The van der Waals surface area contributed by atoms with Crippen LogP contribution in [0.1, 0.15) is 17.3 Å². The van der Waals surface area contributed by atoms with Gasteiger partial charge < -0.3 is 24.4 Å². The molecule has 20 heavy (non-hydrogen) atoms. The first-order valence-electron chi connectivity index (χ1n) is 6.44. The fourth-order valence-corrected chi connectivity index (χ4v) is 2.62. The summed E-state index contributed by atoms with van der Waals surface area (Å²) < 4.78 is 16.4. The Bertz CT molecular complexity index is 513. The van der Waals surface area contributed by atoms with Crippen molar-refractivity contribution in [3.8, 4) is 5.75 Å². The van der Waals surface area contributed by atoms with Crippen LogP contribution in [0.5, 0.6) is 5.75 Å². The molecule has 0 radical (unpaired) electrons. The van der Waals surface area contributed by atoms with Gasteiger partial charge in [0.25, 0.3) is 0 Å². The van der Waals surface area contributed by atoms with Crippen molar-refractivity contribution >= 4 is 5.97 Å². The van der Waals surface area contributed by atoms with Gasteiger partial charge in [-0.3, -0.25) is 0 Å². The van der Waals surface area contributed by atoms with E-state index in [4.69, 9.17) is 14.2 Å². The lowest BCUT2D eigenvalue weighted by Crippen LogP contribution is -2.44. The summed E-state index contributed by atoms with van der Waals surface area (Å²) >= 11 is 0. The highest BCUT2D eigenvalue weighted by atomic mass is 16.6. The molecule has 2 fully saturated rings. The quantitative estimate of drug-likeness (QED) is 0.766. The maximum Gasteiger partial charge on any atom is 0.338 e. The zero-order valence-electron chi connectivity index (χ0n) is 11.0. The van der Waals surface area contributed by atoms with E-state index in [1.165, 1.54) is 24.3 Å². The lowest BCUT2D eigenvalue weighted by atomic mass is 9.95. The summed E-state index contributed by atoms with van der Waals surface area (Å²) in [6, 6.07) is 5.80. The Kier molecular flexibility index (Phi) is 3.16. The van der Waals surface area contributed by atoms with Crippen LogP contribution in [-0.2, 0) is 14.2 Å². The molecule has 0 bridgehead atoms. The van der Waals surface area contributed by atoms with Crippen LogP contribution in [-0.4, -0.2) is 53.3 Å². The number of aliphatic hydroxyl groups excluding tert-OH is 1.